The summed E-state index contributed by atoms with van der Waals surface area (Å²) in [7, 11) is 1.27. The largest absolute Gasteiger partial charge is 0.491 e. The molecule has 1 fully saturated rings. The molecular formula is C35H50ClNO5. The number of anilines is 1. The number of allylic oxidation sites excluding steroid dienone is 1. The van der Waals surface area contributed by atoms with Gasteiger partial charge < -0.3 is 24.6 Å². The highest BCUT2D eigenvalue weighted by Gasteiger charge is 2.38. The Bertz CT molecular complexity index is 1170. The van der Waals surface area contributed by atoms with Crippen LogP contribution >= 0.6 is 11.6 Å². The molecule has 0 aromatic heterocycles. The van der Waals surface area contributed by atoms with Gasteiger partial charge in [0.1, 0.15) is 5.75 Å². The quantitative estimate of drug-likeness (QED) is 0.148. The molecule has 6 nitrogen and oxygen atoms in total. The van der Waals surface area contributed by atoms with Crippen LogP contribution in [0.1, 0.15) is 94.9 Å². The number of ether oxygens (including phenoxy) is 2. The highest BCUT2D eigenvalue weighted by molar-refractivity contribution is 6.30. The van der Waals surface area contributed by atoms with Crippen molar-refractivity contribution in [2.24, 2.45) is 11.8 Å². The first-order valence-corrected chi connectivity index (χ1v) is 16.1. The van der Waals surface area contributed by atoms with Crippen LogP contribution in [0.25, 0.3) is 0 Å². The monoisotopic (exact) mass is 599 g/mol. The molecule has 4 rings (SSSR count). The molecule has 0 bridgehead atoms. The Morgan fingerprint density at radius 3 is 2.60 bits per heavy atom. The van der Waals surface area contributed by atoms with E-state index < -0.39 is 18.2 Å². The molecule has 2 aromatic rings. The van der Waals surface area contributed by atoms with Crippen molar-refractivity contribution in [3.63, 3.8) is 0 Å². The second-order valence-electron chi connectivity index (χ2n) is 11.2. The molecule has 0 saturated heterocycles. The van der Waals surface area contributed by atoms with E-state index in [-0.39, 0.29) is 11.8 Å². The van der Waals surface area contributed by atoms with Gasteiger partial charge in [0.15, 0.2) is 6.10 Å². The highest BCUT2D eigenvalue weighted by Crippen LogP contribution is 2.43. The summed E-state index contributed by atoms with van der Waals surface area (Å²) in [6.07, 6.45) is 9.56. The van der Waals surface area contributed by atoms with Crippen molar-refractivity contribution in [2.75, 3.05) is 31.7 Å². The Morgan fingerprint density at radius 2 is 1.93 bits per heavy atom. The maximum atomic E-state index is 12.1. The van der Waals surface area contributed by atoms with Gasteiger partial charge in [-0.25, -0.2) is 4.79 Å². The molecule has 0 radical (unpaired) electrons. The lowest BCUT2D eigenvalue weighted by Gasteiger charge is -2.42. The number of fused-ring (bicyclic) bond motifs is 1. The first-order valence-electron chi connectivity index (χ1n) is 15.8. The van der Waals surface area contributed by atoms with Gasteiger partial charge in [-0.1, -0.05) is 82.8 Å². The number of aliphatic hydroxyl groups is 2. The fourth-order valence-corrected chi connectivity index (χ4v) is 6.20. The minimum atomic E-state index is -1.37. The van der Waals surface area contributed by atoms with E-state index in [1.54, 1.807) is 6.07 Å². The molecule has 1 heterocycles. The van der Waals surface area contributed by atoms with Crippen molar-refractivity contribution in [1.29, 1.82) is 0 Å². The van der Waals surface area contributed by atoms with E-state index in [4.69, 9.17) is 21.1 Å². The number of rotatable bonds is 12. The van der Waals surface area contributed by atoms with E-state index in [0.717, 1.165) is 74.5 Å². The van der Waals surface area contributed by atoms with Crippen LogP contribution in [0.15, 0.2) is 48.6 Å². The smallest absolute Gasteiger partial charge is 0.339 e. The van der Waals surface area contributed by atoms with E-state index in [1.165, 1.54) is 18.2 Å². The van der Waals surface area contributed by atoms with Crippen molar-refractivity contribution in [3.05, 3.63) is 70.3 Å². The lowest BCUT2D eigenvalue weighted by Crippen LogP contribution is -2.44. The maximum absolute atomic E-state index is 12.1. The fourth-order valence-electron chi connectivity index (χ4n) is 6.00. The molecule has 5 atom stereocenters. The molecular weight excluding hydrogens is 550 g/mol. The number of aryl methyl sites for hydroxylation is 1. The van der Waals surface area contributed by atoms with Crippen molar-refractivity contribution in [2.45, 2.75) is 90.8 Å². The van der Waals surface area contributed by atoms with Crippen molar-refractivity contribution in [1.82, 2.24) is 0 Å². The number of carbonyl (C=O) groups is 1. The van der Waals surface area contributed by atoms with E-state index in [0.29, 0.717) is 18.1 Å². The maximum Gasteiger partial charge on any atom is 0.339 e. The predicted octanol–water partition coefficient (Wildman–Crippen LogP) is 7.64. The zero-order valence-corrected chi connectivity index (χ0v) is 26.8. The molecule has 0 spiro atoms. The van der Waals surface area contributed by atoms with E-state index in [2.05, 4.69) is 37.0 Å². The third kappa shape index (κ3) is 8.52. The van der Waals surface area contributed by atoms with E-state index >= 15 is 0 Å². The molecule has 2 aromatic carbocycles. The Labute approximate surface area is 257 Å². The summed E-state index contributed by atoms with van der Waals surface area (Å²) in [4.78, 5) is 14.4. The predicted molar refractivity (Wildman–Crippen MR) is 172 cm³/mol. The summed E-state index contributed by atoms with van der Waals surface area (Å²) in [5.74, 6) is 0.676. The number of methoxy groups -OCH3 is 1. The number of hydrogen-bond donors (Lipinski definition) is 2. The van der Waals surface area contributed by atoms with Gasteiger partial charge in [-0.15, -0.1) is 0 Å². The van der Waals surface area contributed by atoms with Gasteiger partial charge in [0, 0.05) is 24.0 Å². The molecule has 2 N–H and O–H groups in total. The van der Waals surface area contributed by atoms with Crippen LogP contribution in [0.2, 0.25) is 5.02 Å². The summed E-state index contributed by atoms with van der Waals surface area (Å²) in [5, 5.41) is 22.3. The lowest BCUT2D eigenvalue weighted by molar-refractivity contribution is -0.150. The molecule has 5 unspecified atom stereocenters. The highest BCUT2D eigenvalue weighted by atomic mass is 35.5. The second kappa shape index (κ2) is 16.9. The molecule has 0 amide bonds. The van der Waals surface area contributed by atoms with Gasteiger partial charge in [-0.3, -0.25) is 0 Å². The zero-order valence-electron chi connectivity index (χ0n) is 26.0. The molecule has 232 valence electrons. The Balaban J connectivity index is 0.00000237. The first-order chi connectivity index (χ1) is 20.4. The van der Waals surface area contributed by atoms with Gasteiger partial charge >= 0.3 is 5.97 Å². The summed E-state index contributed by atoms with van der Waals surface area (Å²) >= 11 is 6.37. The first kappa shape index (κ1) is 34.0. The number of hydrogen-bond acceptors (Lipinski definition) is 6. The van der Waals surface area contributed by atoms with Crippen molar-refractivity contribution < 1.29 is 24.5 Å². The second-order valence-corrected chi connectivity index (χ2v) is 11.7. The fraction of sp³-hybridized carbons (Fsp3) is 0.571. The SMILES string of the molecule is CC.CCCC/C=C/C(O)C1CCC1CN1CC(c2ccc(Cl)cc2CCC)COc2ccc(C(O)C(=O)OC)cc21. The number of unbranched alkanes of at least 4 members (excludes halogenated alkanes) is 2. The number of halogens is 1. The number of nitrogens with zero attached hydrogens (tertiary/aromatic N) is 1. The van der Waals surface area contributed by atoms with Crippen LogP contribution in [-0.4, -0.2) is 49.1 Å². The number of esters is 1. The minimum absolute atomic E-state index is 0.109. The molecule has 1 aliphatic heterocycles. The van der Waals surface area contributed by atoms with Gasteiger partial charge in [0.25, 0.3) is 0 Å². The Kier molecular flexibility index (Phi) is 13.7. The Hall–Kier alpha value is -2.54. The zero-order chi connectivity index (χ0) is 30.6. The number of aliphatic hydroxyl groups excluding tert-OH is 2. The van der Waals surface area contributed by atoms with Crippen LogP contribution in [0.3, 0.4) is 0 Å². The lowest BCUT2D eigenvalue weighted by atomic mass is 9.70. The number of carbonyl (C=O) groups excluding carboxylic acids is 1. The topological polar surface area (TPSA) is 79.2 Å². The molecule has 42 heavy (non-hydrogen) atoms. The third-order valence-electron chi connectivity index (χ3n) is 8.44. The average Bonchev–Trinajstić information content (AvgIpc) is 3.17. The van der Waals surface area contributed by atoms with Crippen LogP contribution in [0.4, 0.5) is 5.69 Å². The summed E-state index contributed by atoms with van der Waals surface area (Å²) in [6.45, 7) is 10.3. The van der Waals surface area contributed by atoms with Crippen LogP contribution < -0.4 is 9.64 Å². The third-order valence-corrected chi connectivity index (χ3v) is 8.67. The van der Waals surface area contributed by atoms with Crippen molar-refractivity contribution in [3.8, 4) is 5.75 Å². The normalized spacial score (nSPS) is 21.2. The summed E-state index contributed by atoms with van der Waals surface area (Å²) in [5.41, 5.74) is 3.81. The summed E-state index contributed by atoms with van der Waals surface area (Å²) in [6, 6.07) is 11.6. The summed E-state index contributed by atoms with van der Waals surface area (Å²) < 4.78 is 11.2. The van der Waals surface area contributed by atoms with E-state index in [9.17, 15) is 15.0 Å². The van der Waals surface area contributed by atoms with Gasteiger partial charge in [0.05, 0.1) is 25.5 Å². The van der Waals surface area contributed by atoms with Crippen LogP contribution in [0.5, 0.6) is 5.75 Å². The molecule has 1 saturated carbocycles. The Morgan fingerprint density at radius 1 is 1.14 bits per heavy atom. The van der Waals surface area contributed by atoms with Gasteiger partial charge in [-0.05, 0) is 78.5 Å². The molecule has 1 aliphatic carbocycles. The van der Waals surface area contributed by atoms with Gasteiger partial charge in [-0.2, -0.15) is 0 Å². The van der Waals surface area contributed by atoms with Gasteiger partial charge in [0.2, 0.25) is 0 Å². The van der Waals surface area contributed by atoms with Crippen molar-refractivity contribution >= 4 is 23.3 Å². The molecule has 2 aliphatic rings. The van der Waals surface area contributed by atoms with E-state index in [1.807, 2.05) is 38.1 Å². The average molecular weight is 600 g/mol. The van der Waals surface area contributed by atoms with Crippen LogP contribution in [0, 0.1) is 11.8 Å². The number of benzene rings is 2. The van der Waals surface area contributed by atoms with Crippen LogP contribution in [-0.2, 0) is 16.0 Å². The minimum Gasteiger partial charge on any atom is -0.491 e. The standard InChI is InChI=1S/C33H44ClNO5.C2H6/c1-4-6-7-8-10-30(36)28-14-11-24(28)19-35-20-25(27-15-13-26(34)17-22(27)9-5-2)21-40-31-16-12-23(18-29(31)35)32(37)33(38)39-3;1-2/h8,10,12-13,15-18,24-25,28,30,32,36-37H,4-7,9,11,14,19-21H2,1-3H3;1-2H3/b10-8+;. The molecule has 7 heteroatoms.